The molecule has 2 rings (SSSR count). The minimum Gasteiger partial charge on any atom is -0.443 e. The van der Waals surface area contributed by atoms with Crippen LogP contribution in [0.5, 0.6) is 0 Å². The Morgan fingerprint density at radius 1 is 1.71 bits per heavy atom. The number of cyclic esters (lactones) is 1. The summed E-state index contributed by atoms with van der Waals surface area (Å²) in [4.78, 5) is 17.1. The topological polar surface area (TPSA) is 67.9 Å². The maximum Gasteiger partial charge on any atom is 0.415 e. The number of nitrogens with two attached hydrogens (primary N) is 1. The summed E-state index contributed by atoms with van der Waals surface area (Å²) >= 11 is 0. The molecule has 2 heterocycles. The molecule has 5 heteroatoms. The first-order valence-corrected chi connectivity index (χ1v) is 4.71. The van der Waals surface area contributed by atoms with Gasteiger partial charge in [-0.2, -0.15) is 0 Å². The summed E-state index contributed by atoms with van der Waals surface area (Å²) in [6, 6.07) is 0. The molecule has 1 fully saturated rings. The second-order valence-electron chi connectivity index (χ2n) is 3.32. The molecular weight excluding hydrogens is 182 g/mol. The molecule has 0 aromatic heterocycles. The Balaban J connectivity index is 2.08. The Bertz CT molecular complexity index is 298. The fourth-order valence-corrected chi connectivity index (χ4v) is 1.55. The molecule has 1 atom stereocenters. The van der Waals surface area contributed by atoms with Gasteiger partial charge in [-0.25, -0.2) is 9.79 Å². The maximum absolute atomic E-state index is 11.4. The van der Waals surface area contributed by atoms with Gasteiger partial charge in [0, 0.05) is 19.2 Å². The van der Waals surface area contributed by atoms with Crippen molar-refractivity contribution in [2.24, 2.45) is 10.7 Å². The van der Waals surface area contributed by atoms with Crippen molar-refractivity contribution < 1.29 is 9.53 Å². The summed E-state index contributed by atoms with van der Waals surface area (Å²) in [5.74, 6) is 0.786. The van der Waals surface area contributed by atoms with E-state index in [1.807, 2.05) is 6.08 Å². The lowest BCUT2D eigenvalue weighted by Crippen LogP contribution is -2.33. The number of carbonyl (C=O) groups excluding carboxylic acids is 1. The molecule has 1 amide bonds. The van der Waals surface area contributed by atoms with Crippen molar-refractivity contribution in [2.75, 3.05) is 13.1 Å². The lowest BCUT2D eigenvalue weighted by atomic mass is 10.2. The van der Waals surface area contributed by atoms with Crippen molar-refractivity contribution in [1.82, 2.24) is 4.90 Å². The highest BCUT2D eigenvalue weighted by molar-refractivity contribution is 5.97. The molecule has 0 bridgehead atoms. The smallest absolute Gasteiger partial charge is 0.415 e. The van der Waals surface area contributed by atoms with Gasteiger partial charge in [-0.3, -0.25) is 4.90 Å². The quantitative estimate of drug-likeness (QED) is 0.661. The number of amides is 1. The van der Waals surface area contributed by atoms with Gasteiger partial charge in [-0.1, -0.05) is 6.08 Å². The molecule has 0 spiro atoms. The van der Waals surface area contributed by atoms with Crippen molar-refractivity contribution in [3.8, 4) is 0 Å². The zero-order chi connectivity index (χ0) is 9.97. The van der Waals surface area contributed by atoms with Gasteiger partial charge in [-0.15, -0.1) is 0 Å². The van der Waals surface area contributed by atoms with Crippen LogP contribution >= 0.6 is 0 Å². The Kier molecular flexibility index (Phi) is 2.49. The van der Waals surface area contributed by atoms with Crippen molar-refractivity contribution in [3.63, 3.8) is 0 Å². The van der Waals surface area contributed by atoms with Crippen LogP contribution in [0.4, 0.5) is 4.79 Å². The minimum atomic E-state index is -0.325. The first-order valence-electron chi connectivity index (χ1n) is 4.71. The van der Waals surface area contributed by atoms with Gasteiger partial charge in [0.25, 0.3) is 0 Å². The molecule has 5 nitrogen and oxygen atoms in total. The number of aliphatic imine (C=N–C) groups is 1. The largest absolute Gasteiger partial charge is 0.443 e. The first kappa shape index (κ1) is 9.21. The summed E-state index contributed by atoms with van der Waals surface area (Å²) in [6.07, 6.45) is 4.91. The Morgan fingerprint density at radius 3 is 3.14 bits per heavy atom. The van der Waals surface area contributed by atoms with Crippen LogP contribution in [0, 0.1) is 0 Å². The van der Waals surface area contributed by atoms with Gasteiger partial charge in [-0.05, 0) is 6.42 Å². The van der Waals surface area contributed by atoms with Crippen molar-refractivity contribution >= 4 is 11.9 Å². The number of ether oxygens (including phenoxy) is 1. The van der Waals surface area contributed by atoms with Gasteiger partial charge in [0.05, 0.1) is 6.54 Å². The number of carbonyl (C=O) groups is 1. The van der Waals surface area contributed by atoms with E-state index in [9.17, 15) is 4.79 Å². The van der Waals surface area contributed by atoms with E-state index in [0.717, 1.165) is 18.7 Å². The highest BCUT2D eigenvalue weighted by Gasteiger charge is 2.33. The van der Waals surface area contributed by atoms with Crippen LogP contribution < -0.4 is 5.73 Å². The molecule has 76 valence electrons. The van der Waals surface area contributed by atoms with E-state index in [0.29, 0.717) is 13.1 Å². The molecule has 0 aromatic rings. The Morgan fingerprint density at radius 2 is 2.57 bits per heavy atom. The van der Waals surface area contributed by atoms with Crippen molar-refractivity contribution in [2.45, 2.75) is 18.9 Å². The number of hydrogen-bond donors (Lipinski definition) is 1. The van der Waals surface area contributed by atoms with E-state index in [1.54, 1.807) is 11.1 Å². The summed E-state index contributed by atoms with van der Waals surface area (Å²) in [5.41, 5.74) is 5.43. The molecule has 0 radical (unpaired) electrons. The number of hydrogen-bond acceptors (Lipinski definition) is 4. The fourth-order valence-electron chi connectivity index (χ4n) is 1.55. The monoisotopic (exact) mass is 195 g/mol. The fraction of sp³-hybridized carbons (Fsp3) is 0.556. The lowest BCUT2D eigenvalue weighted by molar-refractivity contribution is 0.139. The van der Waals surface area contributed by atoms with E-state index in [-0.39, 0.29) is 12.2 Å². The third-order valence-corrected chi connectivity index (χ3v) is 2.31. The normalized spacial score (nSPS) is 26.4. The molecular formula is C9H13N3O2. The van der Waals surface area contributed by atoms with E-state index >= 15 is 0 Å². The summed E-state index contributed by atoms with van der Waals surface area (Å²) < 4.78 is 5.03. The maximum atomic E-state index is 11.4. The van der Waals surface area contributed by atoms with E-state index in [1.165, 1.54) is 0 Å². The predicted octanol–water partition coefficient (Wildman–Crippen LogP) is 0.472. The number of amidine groups is 1. The highest BCUT2D eigenvalue weighted by atomic mass is 16.6. The second-order valence-corrected chi connectivity index (χ2v) is 3.32. The number of rotatable bonds is 1. The van der Waals surface area contributed by atoms with Crippen LogP contribution in [0.1, 0.15) is 12.8 Å². The molecule has 1 saturated heterocycles. The zero-order valence-electron chi connectivity index (χ0n) is 7.85. The van der Waals surface area contributed by atoms with Crippen molar-refractivity contribution in [1.29, 1.82) is 0 Å². The molecule has 0 saturated carbocycles. The standard InChI is InChI=1S/C9H13N3O2/c10-5-7-6-12(9(13)14-7)8-3-1-2-4-11-8/h2,4,7H,1,3,5-6,10H2/t7-/m1/s1. The third kappa shape index (κ3) is 1.63. The lowest BCUT2D eigenvalue weighted by Gasteiger charge is -2.16. The SMILES string of the molecule is NC[C@@H]1CN(C2=NC=CCC2)C(=O)O1. The summed E-state index contributed by atoms with van der Waals surface area (Å²) in [6.45, 7) is 0.896. The number of nitrogens with zero attached hydrogens (tertiary/aromatic N) is 2. The molecule has 2 aliphatic heterocycles. The van der Waals surface area contributed by atoms with E-state index < -0.39 is 0 Å². The van der Waals surface area contributed by atoms with Crippen LogP contribution in [0.15, 0.2) is 17.3 Å². The summed E-state index contributed by atoms with van der Waals surface area (Å²) in [7, 11) is 0. The van der Waals surface area contributed by atoms with Gasteiger partial charge >= 0.3 is 6.09 Å². The molecule has 0 unspecified atom stereocenters. The zero-order valence-corrected chi connectivity index (χ0v) is 7.85. The van der Waals surface area contributed by atoms with Crippen LogP contribution in [0.2, 0.25) is 0 Å². The third-order valence-electron chi connectivity index (χ3n) is 2.31. The van der Waals surface area contributed by atoms with Crippen LogP contribution in [0.3, 0.4) is 0 Å². The first-order chi connectivity index (χ1) is 6.81. The van der Waals surface area contributed by atoms with E-state index in [4.69, 9.17) is 10.5 Å². The highest BCUT2D eigenvalue weighted by Crippen LogP contribution is 2.15. The van der Waals surface area contributed by atoms with Gasteiger partial charge < -0.3 is 10.5 Å². The average molecular weight is 195 g/mol. The summed E-state index contributed by atoms with van der Waals surface area (Å²) in [5, 5.41) is 0. The minimum absolute atomic E-state index is 0.184. The van der Waals surface area contributed by atoms with E-state index in [2.05, 4.69) is 4.99 Å². The van der Waals surface area contributed by atoms with Crippen LogP contribution in [-0.4, -0.2) is 36.0 Å². The predicted molar refractivity (Wildman–Crippen MR) is 51.8 cm³/mol. The van der Waals surface area contributed by atoms with Gasteiger partial charge in [0.1, 0.15) is 11.9 Å². The Labute approximate surface area is 82.2 Å². The number of allylic oxidation sites excluding steroid dienone is 1. The van der Waals surface area contributed by atoms with Gasteiger partial charge in [0.15, 0.2) is 0 Å². The molecule has 2 aliphatic rings. The molecule has 0 aliphatic carbocycles. The second kappa shape index (κ2) is 3.79. The average Bonchev–Trinajstić information content (AvgIpc) is 2.61. The van der Waals surface area contributed by atoms with Crippen molar-refractivity contribution in [3.05, 3.63) is 12.3 Å². The van der Waals surface area contributed by atoms with Crippen LogP contribution in [0.25, 0.3) is 0 Å². The molecule has 0 aromatic carbocycles. The van der Waals surface area contributed by atoms with Gasteiger partial charge in [0.2, 0.25) is 0 Å². The van der Waals surface area contributed by atoms with Crippen LogP contribution in [-0.2, 0) is 4.74 Å². The Hall–Kier alpha value is -1.36. The molecule has 2 N–H and O–H groups in total. The molecule has 14 heavy (non-hydrogen) atoms.